The monoisotopic (exact) mass is 274 g/mol. The quantitative estimate of drug-likeness (QED) is 0.672. The summed E-state index contributed by atoms with van der Waals surface area (Å²) in [5.41, 5.74) is 2.12. The van der Waals surface area contributed by atoms with Crippen LogP contribution in [0, 0.1) is 22.9 Å². The second-order valence-corrected chi connectivity index (χ2v) is 4.57. The second kappa shape index (κ2) is 6.25. The molecule has 0 heterocycles. The molecule has 0 spiro atoms. The minimum absolute atomic E-state index is 0.107. The molecule has 5 heteroatoms. The maximum Gasteiger partial charge on any atom is 0.272 e. The van der Waals surface area contributed by atoms with Gasteiger partial charge in [-0.05, 0) is 18.6 Å². The Morgan fingerprint density at radius 1 is 1.20 bits per heavy atom. The van der Waals surface area contributed by atoms with Crippen molar-refractivity contribution in [2.24, 2.45) is 0 Å². The summed E-state index contributed by atoms with van der Waals surface area (Å²) < 4.78 is 13.4. The van der Waals surface area contributed by atoms with Gasteiger partial charge in [0.1, 0.15) is 5.82 Å². The first-order valence-electron chi connectivity index (χ1n) is 6.26. The first kappa shape index (κ1) is 14.1. The van der Waals surface area contributed by atoms with Crippen molar-refractivity contribution in [1.82, 2.24) is 5.32 Å². The average molecular weight is 274 g/mol. The van der Waals surface area contributed by atoms with Gasteiger partial charge >= 0.3 is 0 Å². The third-order valence-electron chi connectivity index (χ3n) is 3.07. The van der Waals surface area contributed by atoms with Gasteiger partial charge in [0.25, 0.3) is 5.69 Å². The third-order valence-corrected chi connectivity index (χ3v) is 3.07. The Bertz CT molecular complexity index is 629. The van der Waals surface area contributed by atoms with E-state index < -0.39 is 4.92 Å². The summed E-state index contributed by atoms with van der Waals surface area (Å²) in [4.78, 5) is 10.5. The van der Waals surface area contributed by atoms with Crippen molar-refractivity contribution in [3.63, 3.8) is 0 Å². The number of rotatable bonds is 5. The minimum Gasteiger partial charge on any atom is -0.309 e. The molecular formula is C15H15FN2O2. The topological polar surface area (TPSA) is 55.2 Å². The molecule has 0 saturated heterocycles. The van der Waals surface area contributed by atoms with Gasteiger partial charge in [0, 0.05) is 30.3 Å². The van der Waals surface area contributed by atoms with Crippen LogP contribution in [0.4, 0.5) is 10.1 Å². The molecule has 0 radical (unpaired) electrons. The maximum atomic E-state index is 13.4. The molecule has 0 aromatic heterocycles. The molecule has 0 aliphatic rings. The normalized spacial score (nSPS) is 10.5. The minimum atomic E-state index is -0.393. The van der Waals surface area contributed by atoms with E-state index in [2.05, 4.69) is 5.32 Å². The van der Waals surface area contributed by atoms with Gasteiger partial charge in [0.15, 0.2) is 0 Å². The Morgan fingerprint density at radius 2 is 1.95 bits per heavy atom. The highest BCUT2D eigenvalue weighted by Crippen LogP contribution is 2.19. The molecule has 1 N–H and O–H groups in total. The summed E-state index contributed by atoms with van der Waals surface area (Å²) in [7, 11) is 0. The van der Waals surface area contributed by atoms with Crippen LogP contribution in [-0.2, 0) is 13.1 Å². The molecule has 0 amide bonds. The highest BCUT2D eigenvalue weighted by molar-refractivity contribution is 5.42. The van der Waals surface area contributed by atoms with E-state index in [1.807, 2.05) is 6.07 Å². The van der Waals surface area contributed by atoms with Crippen LogP contribution in [0.3, 0.4) is 0 Å². The fraction of sp³-hybridized carbons (Fsp3) is 0.200. The van der Waals surface area contributed by atoms with Crippen LogP contribution in [-0.4, -0.2) is 4.92 Å². The van der Waals surface area contributed by atoms with Gasteiger partial charge in [-0.15, -0.1) is 0 Å². The number of hydrogen-bond donors (Lipinski definition) is 1. The summed E-state index contributed by atoms with van der Waals surface area (Å²) in [5.74, 6) is -0.255. The molecule has 0 unspecified atom stereocenters. The van der Waals surface area contributed by atoms with Crippen molar-refractivity contribution in [2.75, 3.05) is 0 Å². The summed E-state index contributed by atoms with van der Waals surface area (Å²) >= 11 is 0. The van der Waals surface area contributed by atoms with E-state index in [9.17, 15) is 14.5 Å². The van der Waals surface area contributed by atoms with Crippen LogP contribution < -0.4 is 5.32 Å². The zero-order valence-corrected chi connectivity index (χ0v) is 11.1. The van der Waals surface area contributed by atoms with Crippen LogP contribution in [0.2, 0.25) is 0 Å². The number of halogens is 1. The van der Waals surface area contributed by atoms with Gasteiger partial charge in [-0.1, -0.05) is 30.3 Å². The van der Waals surface area contributed by atoms with Gasteiger partial charge in [0.05, 0.1) is 4.92 Å². The van der Waals surface area contributed by atoms with E-state index in [-0.39, 0.29) is 11.5 Å². The highest BCUT2D eigenvalue weighted by atomic mass is 19.1. The zero-order valence-electron chi connectivity index (χ0n) is 11.1. The molecule has 0 saturated carbocycles. The summed E-state index contributed by atoms with van der Waals surface area (Å²) in [5, 5.41) is 13.9. The summed E-state index contributed by atoms with van der Waals surface area (Å²) in [6.45, 7) is 2.54. The molecule has 20 heavy (non-hydrogen) atoms. The lowest BCUT2D eigenvalue weighted by Crippen LogP contribution is -2.13. The van der Waals surface area contributed by atoms with Gasteiger partial charge < -0.3 is 5.32 Å². The van der Waals surface area contributed by atoms with E-state index in [0.717, 1.165) is 5.56 Å². The lowest BCUT2D eigenvalue weighted by atomic mass is 10.1. The number of nitro benzene ring substituents is 1. The third kappa shape index (κ3) is 3.39. The molecule has 0 atom stereocenters. The summed E-state index contributed by atoms with van der Waals surface area (Å²) in [6, 6.07) is 11.6. The number of hydrogen-bond acceptors (Lipinski definition) is 3. The van der Waals surface area contributed by atoms with Gasteiger partial charge in [-0.25, -0.2) is 4.39 Å². The van der Waals surface area contributed by atoms with Gasteiger partial charge in [0.2, 0.25) is 0 Å². The number of benzene rings is 2. The van der Waals surface area contributed by atoms with E-state index in [1.54, 1.807) is 37.3 Å². The summed E-state index contributed by atoms with van der Waals surface area (Å²) in [6.07, 6.45) is 0. The lowest BCUT2D eigenvalue weighted by Gasteiger charge is -2.07. The fourth-order valence-corrected chi connectivity index (χ4v) is 1.94. The second-order valence-electron chi connectivity index (χ2n) is 4.57. The molecule has 0 aliphatic carbocycles. The van der Waals surface area contributed by atoms with E-state index in [1.165, 1.54) is 6.07 Å². The Morgan fingerprint density at radius 3 is 2.65 bits per heavy atom. The van der Waals surface area contributed by atoms with E-state index >= 15 is 0 Å². The number of aryl methyl sites for hydroxylation is 1. The highest BCUT2D eigenvalue weighted by Gasteiger charge is 2.10. The van der Waals surface area contributed by atoms with Crippen molar-refractivity contribution in [2.45, 2.75) is 20.0 Å². The predicted molar refractivity (Wildman–Crippen MR) is 74.8 cm³/mol. The van der Waals surface area contributed by atoms with Crippen LogP contribution in [0.5, 0.6) is 0 Å². The van der Waals surface area contributed by atoms with Gasteiger partial charge in [-0.2, -0.15) is 0 Å². The largest absolute Gasteiger partial charge is 0.309 e. The van der Waals surface area contributed by atoms with E-state index in [4.69, 9.17) is 0 Å². The van der Waals surface area contributed by atoms with Crippen molar-refractivity contribution in [3.05, 3.63) is 75.1 Å². The number of nitrogens with zero attached hydrogens (tertiary/aromatic N) is 1. The van der Waals surface area contributed by atoms with Crippen molar-refractivity contribution < 1.29 is 9.31 Å². The SMILES string of the molecule is Cc1ccc(CNCc2ccccc2F)cc1[N+](=O)[O-]. The fourth-order valence-electron chi connectivity index (χ4n) is 1.94. The predicted octanol–water partition coefficient (Wildman–Crippen LogP) is 3.33. The smallest absolute Gasteiger partial charge is 0.272 e. The Kier molecular flexibility index (Phi) is 4.42. The average Bonchev–Trinajstić information content (AvgIpc) is 2.42. The molecule has 104 valence electrons. The molecule has 0 aliphatic heterocycles. The van der Waals surface area contributed by atoms with Crippen molar-refractivity contribution in [3.8, 4) is 0 Å². The van der Waals surface area contributed by atoms with Crippen LogP contribution >= 0.6 is 0 Å². The van der Waals surface area contributed by atoms with Gasteiger partial charge in [-0.3, -0.25) is 10.1 Å². The molecule has 0 fully saturated rings. The van der Waals surface area contributed by atoms with Crippen LogP contribution in [0.15, 0.2) is 42.5 Å². The van der Waals surface area contributed by atoms with Crippen LogP contribution in [0.1, 0.15) is 16.7 Å². The molecule has 2 aromatic carbocycles. The van der Waals surface area contributed by atoms with Crippen molar-refractivity contribution in [1.29, 1.82) is 0 Å². The Hall–Kier alpha value is -2.27. The number of nitro groups is 1. The number of nitrogens with one attached hydrogen (secondary N) is 1. The van der Waals surface area contributed by atoms with Crippen LogP contribution in [0.25, 0.3) is 0 Å². The first-order valence-corrected chi connectivity index (χ1v) is 6.26. The zero-order chi connectivity index (χ0) is 14.5. The molecule has 4 nitrogen and oxygen atoms in total. The molecule has 0 bridgehead atoms. The standard InChI is InChI=1S/C15H15FN2O2/c1-11-6-7-12(8-15(11)18(19)20)9-17-10-13-4-2-3-5-14(13)16/h2-8,17H,9-10H2,1H3. The first-order chi connectivity index (χ1) is 9.58. The molecule has 2 aromatic rings. The van der Waals surface area contributed by atoms with Crippen molar-refractivity contribution >= 4 is 5.69 Å². The molecule has 2 rings (SSSR count). The van der Waals surface area contributed by atoms with E-state index in [0.29, 0.717) is 24.2 Å². The maximum absolute atomic E-state index is 13.4. The Labute approximate surface area is 116 Å². The Balaban J connectivity index is 2.00. The molecular weight excluding hydrogens is 259 g/mol. The lowest BCUT2D eigenvalue weighted by molar-refractivity contribution is -0.385.